The number of fused-ring (bicyclic) bond motifs is 1. The van der Waals surface area contributed by atoms with Crippen molar-refractivity contribution in [1.29, 1.82) is 0 Å². The zero-order valence-electron chi connectivity index (χ0n) is 13.3. The molecule has 0 spiro atoms. The van der Waals surface area contributed by atoms with Crippen LogP contribution in [0.5, 0.6) is 0 Å². The Morgan fingerprint density at radius 1 is 1.30 bits per heavy atom. The minimum Gasteiger partial charge on any atom is -0.367 e. The van der Waals surface area contributed by atoms with Gasteiger partial charge in [0.05, 0.1) is 17.2 Å². The first-order valence-electron chi connectivity index (χ1n) is 7.23. The fourth-order valence-electron chi connectivity index (χ4n) is 3.03. The number of ether oxygens (including phenoxy) is 1. The van der Waals surface area contributed by atoms with Crippen molar-refractivity contribution in [2.75, 3.05) is 5.32 Å². The Morgan fingerprint density at radius 3 is 2.57 bits per heavy atom. The monoisotopic (exact) mass is 329 g/mol. The molecule has 0 amide bonds. The van der Waals surface area contributed by atoms with Crippen LogP contribution in [-0.2, 0) is 10.9 Å². The Balaban J connectivity index is 2.01. The Hall–Kier alpha value is -1.90. The molecule has 2 aromatic rings. The lowest BCUT2D eigenvalue weighted by Crippen LogP contribution is -2.38. The van der Waals surface area contributed by atoms with Crippen LogP contribution in [0.1, 0.15) is 39.8 Å². The number of halogens is 3. The van der Waals surface area contributed by atoms with E-state index in [1.807, 2.05) is 27.7 Å². The third-order valence-corrected chi connectivity index (χ3v) is 3.94. The highest BCUT2D eigenvalue weighted by atomic mass is 19.4. The minimum absolute atomic E-state index is 0.0988. The normalized spacial score (nSPS) is 23.3. The summed E-state index contributed by atoms with van der Waals surface area (Å²) in [6.07, 6.45) is -2.72. The number of nitrogens with one attached hydrogen (secondary N) is 1. The van der Waals surface area contributed by atoms with Crippen molar-refractivity contribution >= 4 is 11.6 Å². The van der Waals surface area contributed by atoms with Crippen molar-refractivity contribution in [3.63, 3.8) is 0 Å². The minimum atomic E-state index is -4.55. The standard InChI is InChI=1S/C14H18F3N5O/c1-12(2)6-9(13(3,4)23-12)20-10-5-8(14(15,16)17)21-11-18-7-19-22(10)11/h5,7,9,20H,6H2,1-4H3. The van der Waals surface area contributed by atoms with E-state index in [1.54, 1.807) is 0 Å². The molecular weight excluding hydrogens is 311 g/mol. The first kappa shape index (κ1) is 16.0. The molecule has 1 aliphatic heterocycles. The second kappa shape index (κ2) is 4.80. The molecule has 3 heterocycles. The van der Waals surface area contributed by atoms with Crippen LogP contribution in [0.15, 0.2) is 12.4 Å². The molecule has 1 aliphatic rings. The van der Waals surface area contributed by atoms with Crippen LogP contribution in [0.3, 0.4) is 0 Å². The zero-order chi connectivity index (χ0) is 17.0. The van der Waals surface area contributed by atoms with Crippen molar-refractivity contribution in [2.45, 2.75) is 57.5 Å². The van der Waals surface area contributed by atoms with Gasteiger partial charge in [0.15, 0.2) is 5.69 Å². The molecule has 2 aromatic heterocycles. The first-order valence-corrected chi connectivity index (χ1v) is 7.23. The third-order valence-electron chi connectivity index (χ3n) is 3.94. The molecule has 3 rings (SSSR count). The van der Waals surface area contributed by atoms with Gasteiger partial charge in [-0.25, -0.2) is 4.98 Å². The molecule has 23 heavy (non-hydrogen) atoms. The van der Waals surface area contributed by atoms with Crippen molar-refractivity contribution in [1.82, 2.24) is 19.6 Å². The number of anilines is 1. The quantitative estimate of drug-likeness (QED) is 0.918. The summed E-state index contributed by atoms with van der Waals surface area (Å²) in [5, 5.41) is 7.06. The lowest BCUT2D eigenvalue weighted by atomic mass is 9.94. The van der Waals surface area contributed by atoms with Gasteiger partial charge in [0.1, 0.15) is 12.1 Å². The van der Waals surface area contributed by atoms with Crippen LogP contribution >= 0.6 is 0 Å². The SMILES string of the molecule is CC1(C)CC(Nc2cc(C(F)(F)F)nc3ncnn23)C(C)(C)O1. The average Bonchev–Trinajstić information content (AvgIpc) is 2.90. The molecule has 0 aromatic carbocycles. The fourth-order valence-corrected chi connectivity index (χ4v) is 3.03. The van der Waals surface area contributed by atoms with Crippen LogP contribution in [-0.4, -0.2) is 36.8 Å². The molecule has 1 fully saturated rings. The zero-order valence-corrected chi connectivity index (χ0v) is 13.3. The van der Waals surface area contributed by atoms with E-state index in [-0.39, 0.29) is 23.2 Å². The molecule has 1 saturated heterocycles. The van der Waals surface area contributed by atoms with Crippen LogP contribution in [0.4, 0.5) is 19.0 Å². The lowest BCUT2D eigenvalue weighted by Gasteiger charge is -2.28. The molecule has 126 valence electrons. The van der Waals surface area contributed by atoms with Gasteiger partial charge in [-0.05, 0) is 34.1 Å². The number of nitrogens with zero attached hydrogens (tertiary/aromatic N) is 4. The molecule has 1 atom stereocenters. The van der Waals surface area contributed by atoms with Crippen molar-refractivity contribution < 1.29 is 17.9 Å². The molecule has 0 bridgehead atoms. The van der Waals surface area contributed by atoms with E-state index in [2.05, 4.69) is 20.4 Å². The van der Waals surface area contributed by atoms with Crippen LogP contribution in [0.2, 0.25) is 0 Å². The van der Waals surface area contributed by atoms with Gasteiger partial charge < -0.3 is 10.1 Å². The number of rotatable bonds is 2. The Labute approximate surface area is 131 Å². The summed E-state index contributed by atoms with van der Waals surface area (Å²) < 4.78 is 46.3. The largest absolute Gasteiger partial charge is 0.433 e. The van der Waals surface area contributed by atoms with E-state index in [4.69, 9.17) is 4.74 Å². The van der Waals surface area contributed by atoms with Crippen LogP contribution in [0, 0.1) is 0 Å². The summed E-state index contributed by atoms with van der Waals surface area (Å²) in [4.78, 5) is 7.26. The number of hydrogen-bond acceptors (Lipinski definition) is 5. The van der Waals surface area contributed by atoms with Crippen molar-refractivity contribution in [3.05, 3.63) is 18.1 Å². The predicted molar refractivity (Wildman–Crippen MR) is 77.1 cm³/mol. The summed E-state index contributed by atoms with van der Waals surface area (Å²) in [6.45, 7) is 7.72. The maximum absolute atomic E-state index is 13.0. The molecule has 1 unspecified atom stereocenters. The van der Waals surface area contributed by atoms with Crippen LogP contribution < -0.4 is 5.32 Å². The van der Waals surface area contributed by atoms with Crippen LogP contribution in [0.25, 0.3) is 5.78 Å². The second-order valence-electron chi connectivity index (χ2n) is 6.86. The smallest absolute Gasteiger partial charge is 0.367 e. The molecular formula is C14H18F3N5O. The van der Waals surface area contributed by atoms with Gasteiger partial charge in [-0.3, -0.25) is 0 Å². The van der Waals surface area contributed by atoms with E-state index in [9.17, 15) is 13.2 Å². The highest BCUT2D eigenvalue weighted by molar-refractivity contribution is 5.47. The highest BCUT2D eigenvalue weighted by Crippen LogP contribution is 2.39. The topological polar surface area (TPSA) is 64.3 Å². The maximum Gasteiger partial charge on any atom is 0.433 e. The Kier molecular flexibility index (Phi) is 3.33. The number of alkyl halides is 3. The Bertz CT molecular complexity index is 738. The molecule has 0 aliphatic carbocycles. The number of hydrogen-bond donors (Lipinski definition) is 1. The van der Waals surface area contributed by atoms with E-state index in [0.717, 1.165) is 6.07 Å². The van der Waals surface area contributed by atoms with E-state index < -0.39 is 17.5 Å². The predicted octanol–water partition coefficient (Wildman–Crippen LogP) is 2.90. The fraction of sp³-hybridized carbons (Fsp3) is 0.643. The molecule has 1 N–H and O–H groups in total. The van der Waals surface area contributed by atoms with Crippen molar-refractivity contribution in [2.24, 2.45) is 0 Å². The number of aromatic nitrogens is 4. The molecule has 0 radical (unpaired) electrons. The van der Waals surface area contributed by atoms with Gasteiger partial charge in [0, 0.05) is 6.07 Å². The summed E-state index contributed by atoms with van der Waals surface area (Å²) in [5.41, 5.74) is -1.89. The molecule has 0 saturated carbocycles. The maximum atomic E-state index is 13.0. The summed E-state index contributed by atoms with van der Waals surface area (Å²) in [7, 11) is 0. The molecule has 9 heteroatoms. The van der Waals surface area contributed by atoms with Gasteiger partial charge in [-0.1, -0.05) is 0 Å². The Morgan fingerprint density at radius 2 is 2.00 bits per heavy atom. The first-order chi connectivity index (χ1) is 10.5. The third kappa shape index (κ3) is 2.97. The van der Waals surface area contributed by atoms with Crippen molar-refractivity contribution in [3.8, 4) is 0 Å². The summed E-state index contributed by atoms with van der Waals surface area (Å²) in [6, 6.07) is 0.775. The van der Waals surface area contributed by atoms with E-state index in [0.29, 0.717) is 6.42 Å². The van der Waals surface area contributed by atoms with Gasteiger partial charge in [0.2, 0.25) is 0 Å². The lowest BCUT2D eigenvalue weighted by molar-refractivity contribution is -0.141. The van der Waals surface area contributed by atoms with E-state index in [1.165, 1.54) is 10.8 Å². The van der Waals surface area contributed by atoms with Gasteiger partial charge in [-0.15, -0.1) is 0 Å². The molecule has 6 nitrogen and oxygen atoms in total. The van der Waals surface area contributed by atoms with Gasteiger partial charge >= 0.3 is 6.18 Å². The summed E-state index contributed by atoms with van der Waals surface area (Å²) >= 11 is 0. The summed E-state index contributed by atoms with van der Waals surface area (Å²) in [5.74, 6) is 0.0949. The van der Waals surface area contributed by atoms with Gasteiger partial charge in [0.25, 0.3) is 5.78 Å². The second-order valence-corrected chi connectivity index (χ2v) is 6.86. The highest BCUT2D eigenvalue weighted by Gasteiger charge is 2.46. The van der Waals surface area contributed by atoms with E-state index >= 15 is 0 Å². The average molecular weight is 329 g/mol. The van der Waals surface area contributed by atoms with Gasteiger partial charge in [-0.2, -0.15) is 27.8 Å².